The van der Waals surface area contributed by atoms with Crippen molar-refractivity contribution in [2.24, 2.45) is 5.41 Å². The van der Waals surface area contributed by atoms with Gasteiger partial charge in [-0.15, -0.1) is 0 Å². The minimum atomic E-state index is -3.16. The zero-order chi connectivity index (χ0) is 16.2. The first-order valence-electron chi connectivity index (χ1n) is 5.89. The fourth-order valence-electron chi connectivity index (χ4n) is 1.45. The lowest BCUT2D eigenvalue weighted by Gasteiger charge is -2.18. The van der Waals surface area contributed by atoms with Crippen molar-refractivity contribution in [3.63, 3.8) is 0 Å². The predicted molar refractivity (Wildman–Crippen MR) is 67.7 cm³/mol. The van der Waals surface area contributed by atoms with E-state index in [1.54, 1.807) is 0 Å². The van der Waals surface area contributed by atoms with E-state index < -0.39 is 35.5 Å². The molecule has 0 aliphatic rings. The molecule has 0 saturated heterocycles. The monoisotopic (exact) mass is 305 g/mol. The Morgan fingerprint density at radius 1 is 1.38 bits per heavy atom. The van der Waals surface area contributed by atoms with Crippen molar-refractivity contribution >= 4 is 17.6 Å². The third-order valence-electron chi connectivity index (χ3n) is 2.61. The molecule has 0 fully saturated rings. The Labute approximate surface area is 118 Å². The largest absolute Gasteiger partial charge is 0.481 e. The van der Waals surface area contributed by atoms with Gasteiger partial charge < -0.3 is 15.2 Å². The van der Waals surface area contributed by atoms with Gasteiger partial charge in [-0.3, -0.25) is 9.59 Å². The maximum absolute atomic E-state index is 13.4. The Morgan fingerprint density at radius 2 is 2.00 bits per heavy atom. The normalized spacial score (nSPS) is 11.3. The number of alkyl halides is 2. The number of anilines is 1. The summed E-state index contributed by atoms with van der Waals surface area (Å²) in [7, 11) is 0. The molecule has 2 N–H and O–H groups in total. The van der Waals surface area contributed by atoms with Gasteiger partial charge in [-0.05, 0) is 26.0 Å². The van der Waals surface area contributed by atoms with Crippen LogP contribution in [0.25, 0.3) is 0 Å². The number of rotatable bonds is 6. The molecule has 21 heavy (non-hydrogen) atoms. The number of amides is 1. The lowest BCUT2D eigenvalue weighted by molar-refractivity contribution is -0.148. The van der Waals surface area contributed by atoms with Crippen molar-refractivity contribution in [1.82, 2.24) is 0 Å². The van der Waals surface area contributed by atoms with Gasteiger partial charge in [-0.2, -0.15) is 8.78 Å². The van der Waals surface area contributed by atoms with Crippen LogP contribution in [0.4, 0.5) is 18.9 Å². The van der Waals surface area contributed by atoms with E-state index in [2.05, 4.69) is 10.1 Å². The summed E-state index contributed by atoms with van der Waals surface area (Å²) in [5.74, 6) is -3.49. The molecule has 0 aliphatic heterocycles. The van der Waals surface area contributed by atoms with Crippen LogP contribution in [-0.4, -0.2) is 23.6 Å². The third-order valence-corrected chi connectivity index (χ3v) is 2.61. The Balaban J connectivity index is 2.74. The topological polar surface area (TPSA) is 75.6 Å². The molecule has 8 heteroatoms. The molecule has 0 spiro atoms. The predicted octanol–water partition coefficient (Wildman–Crippen LogP) is 2.87. The number of carboxylic acid groups (broad SMARTS) is 1. The first kappa shape index (κ1) is 16.8. The Hall–Kier alpha value is -2.25. The van der Waals surface area contributed by atoms with E-state index in [0.29, 0.717) is 0 Å². The lowest BCUT2D eigenvalue weighted by Crippen LogP contribution is -2.29. The number of halogens is 3. The highest BCUT2D eigenvalue weighted by Crippen LogP contribution is 2.25. The molecule has 1 rings (SSSR count). The Morgan fingerprint density at radius 3 is 2.48 bits per heavy atom. The second-order valence-corrected chi connectivity index (χ2v) is 4.94. The van der Waals surface area contributed by atoms with Crippen LogP contribution in [0.1, 0.15) is 20.3 Å². The van der Waals surface area contributed by atoms with Gasteiger partial charge in [0, 0.05) is 18.2 Å². The van der Waals surface area contributed by atoms with Gasteiger partial charge in [-0.25, -0.2) is 4.39 Å². The fourth-order valence-corrected chi connectivity index (χ4v) is 1.45. The fraction of sp³-hybridized carbons (Fsp3) is 0.385. The van der Waals surface area contributed by atoms with Gasteiger partial charge in [-0.1, -0.05) is 0 Å². The van der Waals surface area contributed by atoms with Crippen molar-refractivity contribution in [3.8, 4) is 5.75 Å². The number of ether oxygens (including phenoxy) is 1. The van der Waals surface area contributed by atoms with Gasteiger partial charge in [0.05, 0.1) is 5.41 Å². The Bertz CT molecular complexity index is 546. The third kappa shape index (κ3) is 4.97. The number of nitrogens with one attached hydrogen (secondary N) is 1. The smallest absolute Gasteiger partial charge is 0.387 e. The van der Waals surface area contributed by atoms with Crippen LogP contribution < -0.4 is 10.1 Å². The molecule has 116 valence electrons. The summed E-state index contributed by atoms with van der Waals surface area (Å²) < 4.78 is 41.3. The van der Waals surface area contributed by atoms with Crippen LogP contribution in [0.3, 0.4) is 0 Å². The van der Waals surface area contributed by atoms with Crippen molar-refractivity contribution in [2.75, 3.05) is 5.32 Å². The van der Waals surface area contributed by atoms with Crippen LogP contribution in [0.15, 0.2) is 18.2 Å². The van der Waals surface area contributed by atoms with Gasteiger partial charge in [0.25, 0.3) is 0 Å². The molecule has 5 nitrogen and oxygen atoms in total. The number of benzene rings is 1. The van der Waals surface area contributed by atoms with Crippen molar-refractivity contribution < 1.29 is 32.6 Å². The van der Waals surface area contributed by atoms with E-state index in [-0.39, 0.29) is 12.1 Å². The quantitative estimate of drug-likeness (QED) is 0.847. The molecule has 0 unspecified atom stereocenters. The average Bonchev–Trinajstić information content (AvgIpc) is 2.31. The lowest BCUT2D eigenvalue weighted by atomic mass is 9.89. The second-order valence-electron chi connectivity index (χ2n) is 4.94. The second kappa shape index (κ2) is 6.47. The minimum absolute atomic E-state index is 0.0142. The molecule has 0 bridgehead atoms. The van der Waals surface area contributed by atoms with E-state index >= 15 is 0 Å². The summed E-state index contributed by atoms with van der Waals surface area (Å²) in [6.07, 6.45) is -0.320. The molecule has 0 saturated carbocycles. The van der Waals surface area contributed by atoms with Gasteiger partial charge in [0.15, 0.2) is 11.6 Å². The summed E-state index contributed by atoms with van der Waals surface area (Å²) in [5.41, 5.74) is -1.26. The van der Waals surface area contributed by atoms with E-state index in [1.807, 2.05) is 0 Å². The van der Waals surface area contributed by atoms with E-state index in [4.69, 9.17) is 5.11 Å². The molecule has 0 atom stereocenters. The molecule has 0 aliphatic carbocycles. The summed E-state index contributed by atoms with van der Waals surface area (Å²) in [6.45, 7) is -0.416. The number of carboxylic acids is 1. The maximum atomic E-state index is 13.4. The highest BCUT2D eigenvalue weighted by Gasteiger charge is 2.30. The molecule has 1 aromatic carbocycles. The van der Waals surface area contributed by atoms with Crippen LogP contribution >= 0.6 is 0 Å². The number of hydrogen-bond donors (Lipinski definition) is 2. The maximum Gasteiger partial charge on any atom is 0.387 e. The standard InChI is InChI=1S/C13H14F3NO4/c1-13(2,11(19)20)6-10(18)17-7-3-4-9(8(14)5-7)21-12(15)16/h3-5,12H,6H2,1-2H3,(H,17,18)(H,19,20). The summed E-state index contributed by atoms with van der Waals surface area (Å²) >= 11 is 0. The molecule has 0 radical (unpaired) electrons. The van der Waals surface area contributed by atoms with Gasteiger partial charge in [0.2, 0.25) is 5.91 Å². The zero-order valence-corrected chi connectivity index (χ0v) is 11.3. The van der Waals surface area contributed by atoms with Crippen molar-refractivity contribution in [2.45, 2.75) is 26.9 Å². The Kier molecular flexibility index (Phi) is 5.17. The van der Waals surface area contributed by atoms with Crippen LogP contribution in [-0.2, 0) is 9.59 Å². The molecular weight excluding hydrogens is 291 g/mol. The highest BCUT2D eigenvalue weighted by atomic mass is 19.3. The van der Waals surface area contributed by atoms with E-state index in [9.17, 15) is 22.8 Å². The molecule has 0 heterocycles. The van der Waals surface area contributed by atoms with Crippen molar-refractivity contribution in [3.05, 3.63) is 24.0 Å². The summed E-state index contributed by atoms with van der Waals surface area (Å²) in [5, 5.41) is 11.2. The molecule has 1 aromatic rings. The van der Waals surface area contributed by atoms with Gasteiger partial charge in [0.1, 0.15) is 0 Å². The van der Waals surface area contributed by atoms with Crippen molar-refractivity contribution in [1.29, 1.82) is 0 Å². The zero-order valence-electron chi connectivity index (χ0n) is 11.3. The van der Waals surface area contributed by atoms with Crippen LogP contribution in [0, 0.1) is 11.2 Å². The van der Waals surface area contributed by atoms with Crippen LogP contribution in [0.2, 0.25) is 0 Å². The molecular formula is C13H14F3NO4. The van der Waals surface area contributed by atoms with E-state index in [1.165, 1.54) is 19.9 Å². The number of aliphatic carboxylic acids is 1. The highest BCUT2D eigenvalue weighted by molar-refractivity contribution is 5.94. The first-order valence-corrected chi connectivity index (χ1v) is 5.89. The average molecular weight is 305 g/mol. The van der Waals surface area contributed by atoms with E-state index in [0.717, 1.165) is 12.1 Å². The number of hydrogen-bond acceptors (Lipinski definition) is 3. The molecule has 1 amide bonds. The SMILES string of the molecule is CC(C)(CC(=O)Nc1ccc(OC(F)F)c(F)c1)C(=O)O. The molecule has 0 aromatic heterocycles. The van der Waals surface area contributed by atoms with Crippen LogP contribution in [0.5, 0.6) is 5.75 Å². The summed E-state index contributed by atoms with van der Waals surface area (Å²) in [6, 6.07) is 2.93. The summed E-state index contributed by atoms with van der Waals surface area (Å²) in [4.78, 5) is 22.5. The van der Waals surface area contributed by atoms with Gasteiger partial charge >= 0.3 is 12.6 Å². The minimum Gasteiger partial charge on any atom is -0.481 e. The number of carbonyl (C=O) groups is 2. The first-order chi connectivity index (χ1) is 9.61. The number of carbonyl (C=O) groups excluding carboxylic acids is 1.